The van der Waals surface area contributed by atoms with E-state index >= 15 is 0 Å². The van der Waals surface area contributed by atoms with Crippen LogP contribution in [0.25, 0.3) is 0 Å². The molecule has 6 nitrogen and oxygen atoms in total. The van der Waals surface area contributed by atoms with Gasteiger partial charge in [0.25, 0.3) is 11.8 Å². The first-order valence-corrected chi connectivity index (χ1v) is 10.4. The molecule has 1 saturated heterocycles. The van der Waals surface area contributed by atoms with Crippen molar-refractivity contribution in [1.29, 1.82) is 0 Å². The summed E-state index contributed by atoms with van der Waals surface area (Å²) in [6.07, 6.45) is 12.4. The molecule has 4 radical (unpaired) electrons. The molecule has 0 aromatic rings. The molecule has 7 heteroatoms. The van der Waals surface area contributed by atoms with Gasteiger partial charge >= 0.3 is 5.97 Å². The normalized spacial score (nSPS) is 13.3. The van der Waals surface area contributed by atoms with Crippen LogP contribution in [0.4, 0.5) is 0 Å². The van der Waals surface area contributed by atoms with Gasteiger partial charge in [0.15, 0.2) is 0 Å². The zero-order valence-electron chi connectivity index (χ0n) is 19.0. The average molecular weight is 513 g/mol. The molecule has 0 unspecified atom stereocenters. The van der Waals surface area contributed by atoms with E-state index in [0.29, 0.717) is 5.06 Å². The third kappa shape index (κ3) is 17.1. The first kappa shape index (κ1) is 32.1. The van der Waals surface area contributed by atoms with Crippen molar-refractivity contribution < 1.29 is 19.2 Å². The van der Waals surface area contributed by atoms with Crippen LogP contribution in [0.1, 0.15) is 92.9 Å². The van der Waals surface area contributed by atoms with E-state index in [0.717, 1.165) is 0 Å². The number of carbonyl (C=O) groups is 3. The number of hydrogen-bond donors (Lipinski definition) is 1. The topological polar surface area (TPSA) is 75.7 Å². The van der Waals surface area contributed by atoms with Gasteiger partial charge in [-0.1, -0.05) is 80.1 Å². The molecular formula is C22H38N2O4Sn. The maximum atomic E-state index is 11.5. The van der Waals surface area contributed by atoms with E-state index in [9.17, 15) is 14.4 Å². The second kappa shape index (κ2) is 22.8. The average Bonchev–Trinajstić information content (AvgIpc) is 3.06. The van der Waals surface area contributed by atoms with Gasteiger partial charge < -0.3 is 10.2 Å². The van der Waals surface area contributed by atoms with Gasteiger partial charge in [0, 0.05) is 49.1 Å². The minimum absolute atomic E-state index is 0. The fourth-order valence-corrected chi connectivity index (χ4v) is 1.26. The van der Waals surface area contributed by atoms with Crippen molar-refractivity contribution >= 4 is 41.7 Å². The van der Waals surface area contributed by atoms with Crippen molar-refractivity contribution in [1.82, 2.24) is 10.4 Å². The van der Waals surface area contributed by atoms with Gasteiger partial charge in [-0.25, -0.2) is 4.79 Å². The molecule has 1 fully saturated rings. The van der Waals surface area contributed by atoms with Crippen LogP contribution < -0.4 is 5.32 Å². The third-order valence-corrected chi connectivity index (χ3v) is 3.56. The largest absolute Gasteiger partial charge is 0.366 e. The molecule has 0 aliphatic carbocycles. The van der Waals surface area contributed by atoms with Crippen molar-refractivity contribution in [3.63, 3.8) is 0 Å². The Morgan fingerprint density at radius 1 is 0.931 bits per heavy atom. The van der Waals surface area contributed by atoms with Crippen LogP contribution in [-0.4, -0.2) is 46.8 Å². The predicted octanol–water partition coefficient (Wildman–Crippen LogP) is 4.79. The number of rotatable bonds is 5. The molecule has 1 N–H and O–H groups in total. The predicted molar refractivity (Wildman–Crippen MR) is 119 cm³/mol. The molecule has 2 aliphatic heterocycles. The Bertz CT molecular complexity index is 522. The first-order chi connectivity index (χ1) is 13.4. The van der Waals surface area contributed by atoms with Gasteiger partial charge in [0.2, 0.25) is 0 Å². The summed E-state index contributed by atoms with van der Waals surface area (Å²) >= 11 is 0. The Morgan fingerprint density at radius 2 is 1.34 bits per heavy atom. The number of nitrogens with one attached hydrogen (secondary N) is 1. The summed E-state index contributed by atoms with van der Waals surface area (Å²) < 4.78 is 0. The zero-order valence-corrected chi connectivity index (χ0v) is 21.8. The molecule has 2 heterocycles. The van der Waals surface area contributed by atoms with Gasteiger partial charge in [-0.05, 0) is 6.08 Å². The van der Waals surface area contributed by atoms with Crippen LogP contribution in [0.5, 0.6) is 0 Å². The summed E-state index contributed by atoms with van der Waals surface area (Å²) in [6.45, 7) is 13.1. The van der Waals surface area contributed by atoms with E-state index < -0.39 is 17.8 Å². The van der Waals surface area contributed by atoms with Crippen molar-refractivity contribution in [2.75, 3.05) is 0 Å². The van der Waals surface area contributed by atoms with Crippen molar-refractivity contribution in [2.45, 2.75) is 92.9 Å². The Morgan fingerprint density at radius 3 is 1.66 bits per heavy atom. The first-order valence-electron chi connectivity index (χ1n) is 10.4. The second-order valence-corrected chi connectivity index (χ2v) is 6.18. The number of unbranched alkanes of at least 4 members (excludes halogenated alkanes) is 3. The summed E-state index contributed by atoms with van der Waals surface area (Å²) in [6, 6.07) is 0. The van der Waals surface area contributed by atoms with Crippen LogP contribution in [0.3, 0.4) is 0 Å². The molecule has 0 bridgehead atoms. The van der Waals surface area contributed by atoms with Gasteiger partial charge in [-0.2, -0.15) is 0 Å². The van der Waals surface area contributed by atoms with Crippen molar-refractivity contribution in [3.8, 4) is 0 Å². The van der Waals surface area contributed by atoms with E-state index in [1.807, 2.05) is 0 Å². The van der Waals surface area contributed by atoms with Gasteiger partial charge in [-0.3, -0.25) is 9.59 Å². The maximum absolute atomic E-state index is 11.5. The van der Waals surface area contributed by atoms with Crippen LogP contribution in [0.2, 0.25) is 0 Å². The Kier molecular flexibility index (Phi) is 25.2. The molecule has 0 spiro atoms. The van der Waals surface area contributed by atoms with Crippen LogP contribution in [0, 0.1) is 0 Å². The molecule has 2 amide bonds. The summed E-state index contributed by atoms with van der Waals surface area (Å²) in [5, 5.41) is 3.15. The molecular weight excluding hydrogens is 475 g/mol. The monoisotopic (exact) mass is 514 g/mol. The summed E-state index contributed by atoms with van der Waals surface area (Å²) in [5.41, 5.74) is 2.83. The van der Waals surface area contributed by atoms with E-state index in [1.54, 1.807) is 0 Å². The molecule has 29 heavy (non-hydrogen) atoms. The summed E-state index contributed by atoms with van der Waals surface area (Å²) in [4.78, 5) is 38.5. The Hall–Kier alpha value is -1.53. The molecule has 0 saturated carbocycles. The van der Waals surface area contributed by atoms with E-state index in [-0.39, 0.29) is 42.3 Å². The molecule has 2 rings (SSSR count). The molecule has 0 atom stereocenters. The van der Waals surface area contributed by atoms with Crippen molar-refractivity contribution in [3.05, 3.63) is 29.8 Å². The molecule has 2 aliphatic rings. The molecule has 164 valence electrons. The van der Waals surface area contributed by atoms with Crippen molar-refractivity contribution in [2.24, 2.45) is 0 Å². The maximum Gasteiger partial charge on any atom is 0.366 e. The fourth-order valence-electron chi connectivity index (χ4n) is 1.26. The number of amides is 2. The number of hydrogen-bond acceptors (Lipinski definition) is 5. The summed E-state index contributed by atoms with van der Waals surface area (Å²) in [5.74, 6) is -1.76. The Balaban J connectivity index is -0.000000434. The number of carbonyl (C=O) groups excluding carboxylic acids is 3. The van der Waals surface area contributed by atoms with E-state index in [2.05, 4.69) is 57.4 Å². The van der Waals surface area contributed by atoms with Gasteiger partial charge in [0.1, 0.15) is 0 Å². The summed E-state index contributed by atoms with van der Waals surface area (Å²) in [7, 11) is 0. The quantitative estimate of drug-likeness (QED) is 0.325. The van der Waals surface area contributed by atoms with Crippen LogP contribution in [0.15, 0.2) is 29.8 Å². The Labute approximate surface area is 193 Å². The minimum atomic E-state index is -0.767. The number of imide groups is 1. The molecule has 0 aromatic carbocycles. The number of nitrogens with zero attached hydrogens (tertiary/aromatic N) is 1. The zero-order chi connectivity index (χ0) is 21.8. The SMILES string of the molecule is CCCC.CCCC.CCCC.O=C(ON1C(=O)CCC1=O)C1=CNC=C=C1.[Sn]. The fraction of sp³-hybridized carbons (Fsp3) is 0.636. The standard InChI is InChI=1S/C10H8N2O4.3C4H10.Sn/c13-8-3-4-9(14)12(8)16-10(15)7-2-1-5-11-6-7;3*1-3-4-2;/h2,5-6,11H,3-4H2;3*3-4H2,1-2H3;. The van der Waals surface area contributed by atoms with E-state index in [1.165, 1.54) is 57.0 Å². The smallest absolute Gasteiger partial charge is 0.360 e. The van der Waals surface area contributed by atoms with Gasteiger partial charge in [-0.15, -0.1) is 10.8 Å². The van der Waals surface area contributed by atoms with Crippen LogP contribution in [-0.2, 0) is 19.2 Å². The van der Waals surface area contributed by atoms with Gasteiger partial charge in [0.05, 0.1) is 5.57 Å². The minimum Gasteiger partial charge on any atom is -0.360 e. The van der Waals surface area contributed by atoms with Crippen LogP contribution >= 0.6 is 0 Å². The third-order valence-electron chi connectivity index (χ3n) is 3.56. The molecule has 0 aromatic heterocycles. The second-order valence-electron chi connectivity index (χ2n) is 6.18. The van der Waals surface area contributed by atoms with E-state index in [4.69, 9.17) is 0 Å². The number of hydroxylamine groups is 2.